The Morgan fingerprint density at radius 1 is 1.46 bits per heavy atom. The summed E-state index contributed by atoms with van der Waals surface area (Å²) in [5, 5.41) is 9.27. The number of hydrogen-bond acceptors (Lipinski definition) is 6. The second-order valence-corrected chi connectivity index (χ2v) is 6.94. The number of thioether (sulfide) groups is 1. The summed E-state index contributed by atoms with van der Waals surface area (Å²) in [5.41, 5.74) is 1.91. The van der Waals surface area contributed by atoms with Crippen molar-refractivity contribution in [3.8, 4) is 0 Å². The van der Waals surface area contributed by atoms with Crippen molar-refractivity contribution in [3.05, 3.63) is 18.2 Å². The SMILES string of the molecule is CCOC(=O)/C(C)=N/N(CC1CC1)c1cccc2c1NC(=O)CS2. The number of hydrogen-bond donors (Lipinski definition) is 1. The second-order valence-electron chi connectivity index (χ2n) is 5.92. The van der Waals surface area contributed by atoms with Gasteiger partial charge in [0, 0.05) is 11.4 Å². The van der Waals surface area contributed by atoms with Crippen LogP contribution in [0.3, 0.4) is 0 Å². The number of fused-ring (bicyclic) bond motifs is 1. The minimum atomic E-state index is -0.415. The minimum Gasteiger partial charge on any atom is -0.461 e. The van der Waals surface area contributed by atoms with Crippen molar-refractivity contribution in [2.75, 3.05) is 29.2 Å². The van der Waals surface area contributed by atoms with Gasteiger partial charge < -0.3 is 10.1 Å². The van der Waals surface area contributed by atoms with Crippen LogP contribution in [0, 0.1) is 5.92 Å². The molecule has 1 heterocycles. The van der Waals surface area contributed by atoms with Crippen molar-refractivity contribution in [1.82, 2.24) is 0 Å². The third-order valence-corrected chi connectivity index (χ3v) is 4.93. The second kappa shape index (κ2) is 7.25. The van der Waals surface area contributed by atoms with Gasteiger partial charge in [-0.25, -0.2) is 4.79 Å². The van der Waals surface area contributed by atoms with E-state index in [1.165, 1.54) is 24.6 Å². The van der Waals surface area contributed by atoms with E-state index < -0.39 is 5.97 Å². The zero-order valence-electron chi connectivity index (χ0n) is 13.9. The van der Waals surface area contributed by atoms with Crippen LogP contribution in [0.5, 0.6) is 0 Å². The van der Waals surface area contributed by atoms with Gasteiger partial charge in [0.05, 0.1) is 23.7 Å². The molecule has 2 aliphatic rings. The Labute approximate surface area is 145 Å². The largest absolute Gasteiger partial charge is 0.461 e. The van der Waals surface area contributed by atoms with E-state index in [2.05, 4.69) is 10.4 Å². The molecule has 1 fully saturated rings. The Hall–Kier alpha value is -2.02. The summed E-state index contributed by atoms with van der Waals surface area (Å²) in [6.45, 7) is 4.48. The number of nitrogens with one attached hydrogen (secondary N) is 1. The molecule has 0 bridgehead atoms. The first kappa shape index (κ1) is 16.8. The van der Waals surface area contributed by atoms with Gasteiger partial charge in [-0.2, -0.15) is 5.10 Å². The van der Waals surface area contributed by atoms with Gasteiger partial charge in [-0.1, -0.05) is 6.07 Å². The topological polar surface area (TPSA) is 71.0 Å². The third-order valence-electron chi connectivity index (χ3n) is 3.88. The van der Waals surface area contributed by atoms with E-state index in [9.17, 15) is 9.59 Å². The normalized spacial score (nSPS) is 17.1. The quantitative estimate of drug-likeness (QED) is 0.487. The summed E-state index contributed by atoms with van der Waals surface area (Å²) >= 11 is 1.52. The molecule has 1 aromatic rings. The van der Waals surface area contributed by atoms with Crippen LogP contribution in [0.15, 0.2) is 28.2 Å². The number of esters is 1. The zero-order valence-corrected chi connectivity index (χ0v) is 14.7. The molecular formula is C17H21N3O3S. The molecular weight excluding hydrogens is 326 g/mol. The van der Waals surface area contributed by atoms with E-state index in [1.54, 1.807) is 13.8 Å². The molecule has 7 heteroatoms. The molecule has 0 saturated heterocycles. The lowest BCUT2D eigenvalue weighted by Gasteiger charge is -2.26. The fourth-order valence-electron chi connectivity index (χ4n) is 2.49. The Kier molecular flexibility index (Phi) is 5.08. The van der Waals surface area contributed by atoms with Gasteiger partial charge in [0.15, 0.2) is 0 Å². The lowest BCUT2D eigenvalue weighted by molar-refractivity contribution is -0.135. The number of amides is 1. The lowest BCUT2D eigenvalue weighted by atomic mass is 10.2. The van der Waals surface area contributed by atoms with Crippen LogP contribution in [0.4, 0.5) is 11.4 Å². The molecule has 0 unspecified atom stereocenters. The number of rotatable bonds is 6. The lowest BCUT2D eigenvalue weighted by Crippen LogP contribution is -2.27. The molecule has 6 nitrogen and oxygen atoms in total. The standard InChI is InChI=1S/C17H21N3O3S/c1-3-23-17(22)11(2)19-20(9-12-7-8-12)13-5-4-6-14-16(13)18-15(21)10-24-14/h4-6,12H,3,7-10H2,1-2H3,(H,18,21)/b19-11+. The molecule has 0 spiro atoms. The van der Waals surface area contributed by atoms with Crippen molar-refractivity contribution < 1.29 is 14.3 Å². The zero-order chi connectivity index (χ0) is 17.1. The van der Waals surface area contributed by atoms with Gasteiger partial charge in [-0.15, -0.1) is 11.8 Å². The number of ether oxygens (including phenoxy) is 1. The Morgan fingerprint density at radius 2 is 2.25 bits per heavy atom. The molecule has 0 atom stereocenters. The van der Waals surface area contributed by atoms with E-state index in [1.807, 2.05) is 23.2 Å². The molecule has 3 rings (SSSR count). The average molecular weight is 347 g/mol. The molecule has 24 heavy (non-hydrogen) atoms. The third kappa shape index (κ3) is 3.90. The monoisotopic (exact) mass is 347 g/mol. The van der Waals surface area contributed by atoms with Gasteiger partial charge in [0.1, 0.15) is 5.71 Å². The smallest absolute Gasteiger partial charge is 0.354 e. The molecule has 0 aromatic heterocycles. The molecule has 1 amide bonds. The molecule has 1 aliphatic heterocycles. The predicted octanol–water partition coefficient (Wildman–Crippen LogP) is 2.89. The van der Waals surface area contributed by atoms with Crippen LogP contribution >= 0.6 is 11.8 Å². The van der Waals surface area contributed by atoms with Gasteiger partial charge in [-0.3, -0.25) is 9.80 Å². The van der Waals surface area contributed by atoms with Gasteiger partial charge >= 0.3 is 5.97 Å². The maximum atomic E-state index is 11.9. The van der Waals surface area contributed by atoms with Gasteiger partial charge in [0.2, 0.25) is 5.91 Å². The van der Waals surface area contributed by atoms with Crippen molar-refractivity contribution in [3.63, 3.8) is 0 Å². The van der Waals surface area contributed by atoms with Crippen molar-refractivity contribution in [1.29, 1.82) is 0 Å². The van der Waals surface area contributed by atoms with Crippen LogP contribution in [0.1, 0.15) is 26.7 Å². The van der Waals surface area contributed by atoms with Crippen molar-refractivity contribution >= 4 is 40.7 Å². The highest BCUT2D eigenvalue weighted by molar-refractivity contribution is 8.00. The highest BCUT2D eigenvalue weighted by Crippen LogP contribution is 2.40. The molecule has 1 N–H and O–H groups in total. The van der Waals surface area contributed by atoms with Crippen LogP contribution in [0.2, 0.25) is 0 Å². The molecule has 1 aromatic carbocycles. The summed E-state index contributed by atoms with van der Waals surface area (Å²) in [4.78, 5) is 24.7. The molecule has 0 radical (unpaired) electrons. The fraction of sp³-hybridized carbons (Fsp3) is 0.471. The number of benzene rings is 1. The summed E-state index contributed by atoms with van der Waals surface area (Å²) in [6, 6.07) is 5.86. The number of hydrazone groups is 1. The van der Waals surface area contributed by atoms with E-state index in [-0.39, 0.29) is 5.91 Å². The first-order valence-corrected chi connectivity index (χ1v) is 9.12. The summed E-state index contributed by atoms with van der Waals surface area (Å²) in [6.07, 6.45) is 2.33. The van der Waals surface area contributed by atoms with Crippen LogP contribution in [0.25, 0.3) is 0 Å². The summed E-state index contributed by atoms with van der Waals surface area (Å²) in [5.74, 6) is 0.565. The highest BCUT2D eigenvalue weighted by atomic mass is 32.2. The number of nitrogens with zero attached hydrogens (tertiary/aromatic N) is 2. The maximum absolute atomic E-state index is 11.9. The molecule has 128 valence electrons. The fourth-order valence-corrected chi connectivity index (χ4v) is 3.33. The number of carbonyl (C=O) groups excluding carboxylic acids is 2. The first-order valence-electron chi connectivity index (χ1n) is 8.14. The van der Waals surface area contributed by atoms with Gasteiger partial charge in [-0.05, 0) is 44.7 Å². The van der Waals surface area contributed by atoms with E-state index in [4.69, 9.17) is 4.74 Å². The predicted molar refractivity (Wildman–Crippen MR) is 95.6 cm³/mol. The van der Waals surface area contributed by atoms with E-state index in [0.29, 0.717) is 24.0 Å². The minimum absolute atomic E-state index is 0.0163. The van der Waals surface area contributed by atoms with Crippen LogP contribution in [-0.2, 0) is 14.3 Å². The Morgan fingerprint density at radius 3 is 2.96 bits per heavy atom. The number of anilines is 2. The van der Waals surface area contributed by atoms with Crippen molar-refractivity contribution in [2.45, 2.75) is 31.6 Å². The number of carbonyl (C=O) groups is 2. The first-order chi connectivity index (χ1) is 11.6. The molecule has 1 saturated carbocycles. The van der Waals surface area contributed by atoms with Gasteiger partial charge in [0.25, 0.3) is 0 Å². The average Bonchev–Trinajstić information content (AvgIpc) is 3.38. The summed E-state index contributed by atoms with van der Waals surface area (Å²) < 4.78 is 5.02. The van der Waals surface area contributed by atoms with Crippen LogP contribution < -0.4 is 10.3 Å². The van der Waals surface area contributed by atoms with E-state index >= 15 is 0 Å². The van der Waals surface area contributed by atoms with Crippen LogP contribution in [-0.4, -0.2) is 36.5 Å². The number of para-hydroxylation sites is 1. The van der Waals surface area contributed by atoms with E-state index in [0.717, 1.165) is 22.8 Å². The Balaban J connectivity index is 1.93. The van der Waals surface area contributed by atoms with Crippen molar-refractivity contribution in [2.24, 2.45) is 11.0 Å². The highest BCUT2D eigenvalue weighted by Gasteiger charge is 2.28. The summed E-state index contributed by atoms with van der Waals surface area (Å²) in [7, 11) is 0. The Bertz CT molecular complexity index is 686. The maximum Gasteiger partial charge on any atom is 0.354 e. The molecule has 1 aliphatic carbocycles.